The number of nitrogens with zero attached hydrogens (tertiary/aromatic N) is 4. The predicted molar refractivity (Wildman–Crippen MR) is 90.5 cm³/mol. The molecule has 1 fully saturated rings. The lowest BCUT2D eigenvalue weighted by Gasteiger charge is -2.34. The van der Waals surface area contributed by atoms with Crippen LogP contribution in [0.2, 0.25) is 10.0 Å². The highest BCUT2D eigenvalue weighted by Crippen LogP contribution is 2.18. The molecule has 1 saturated heterocycles. The lowest BCUT2D eigenvalue weighted by atomic mass is 10.2. The molecule has 0 aliphatic carbocycles. The maximum Gasteiger partial charge on any atom is 0.244 e. The van der Waals surface area contributed by atoms with E-state index in [1.807, 2.05) is 29.2 Å². The van der Waals surface area contributed by atoms with E-state index in [1.165, 1.54) is 6.20 Å². The Bertz CT molecular complexity index is 680. The van der Waals surface area contributed by atoms with Gasteiger partial charge in [-0.05, 0) is 11.6 Å². The zero-order valence-electron chi connectivity index (χ0n) is 12.7. The maximum atomic E-state index is 12.3. The van der Waals surface area contributed by atoms with Crippen LogP contribution in [-0.2, 0) is 17.9 Å². The summed E-state index contributed by atoms with van der Waals surface area (Å²) in [6.45, 7) is 4.18. The molecule has 7 heteroatoms. The van der Waals surface area contributed by atoms with Crippen LogP contribution in [0.1, 0.15) is 5.56 Å². The van der Waals surface area contributed by atoms with E-state index in [-0.39, 0.29) is 12.5 Å². The van der Waals surface area contributed by atoms with Gasteiger partial charge in [-0.15, -0.1) is 0 Å². The molecule has 0 unspecified atom stereocenters. The number of carbonyl (C=O) groups excluding carboxylic acids is 1. The van der Waals surface area contributed by atoms with Gasteiger partial charge in [0.1, 0.15) is 6.54 Å². The minimum Gasteiger partial charge on any atom is -0.339 e. The fraction of sp³-hybridized carbons (Fsp3) is 0.375. The Morgan fingerprint density at radius 3 is 2.52 bits per heavy atom. The van der Waals surface area contributed by atoms with E-state index in [2.05, 4.69) is 10.00 Å². The van der Waals surface area contributed by atoms with Crippen molar-refractivity contribution >= 4 is 29.1 Å². The summed E-state index contributed by atoms with van der Waals surface area (Å²) in [5.41, 5.74) is 1.13. The number of piperazine rings is 1. The van der Waals surface area contributed by atoms with Crippen LogP contribution < -0.4 is 0 Å². The third-order valence-corrected chi connectivity index (χ3v) is 4.54. The van der Waals surface area contributed by atoms with Gasteiger partial charge in [0.25, 0.3) is 0 Å². The first-order chi connectivity index (χ1) is 11.1. The molecule has 1 amide bonds. The topological polar surface area (TPSA) is 41.4 Å². The molecule has 1 aliphatic heterocycles. The molecule has 5 nitrogen and oxygen atoms in total. The summed E-state index contributed by atoms with van der Waals surface area (Å²) in [6, 6.07) is 7.88. The minimum absolute atomic E-state index is 0.0714. The van der Waals surface area contributed by atoms with Crippen molar-refractivity contribution in [1.29, 1.82) is 0 Å². The Morgan fingerprint density at radius 1 is 1.13 bits per heavy atom. The van der Waals surface area contributed by atoms with Gasteiger partial charge >= 0.3 is 0 Å². The van der Waals surface area contributed by atoms with E-state index in [1.54, 1.807) is 10.9 Å². The smallest absolute Gasteiger partial charge is 0.244 e. The standard InChI is InChI=1S/C16H18Cl2N4O/c17-14-9-19-22(11-14)12-16(23)21-7-5-20(6-8-21)10-13-3-1-2-4-15(13)18/h1-4,9,11H,5-8,10,12H2. The molecule has 23 heavy (non-hydrogen) atoms. The van der Waals surface area contributed by atoms with Crippen LogP contribution in [0.5, 0.6) is 0 Å². The van der Waals surface area contributed by atoms with Crippen molar-refractivity contribution in [2.75, 3.05) is 26.2 Å². The molecule has 0 N–H and O–H groups in total. The summed E-state index contributed by atoms with van der Waals surface area (Å²) in [6.07, 6.45) is 3.20. The lowest BCUT2D eigenvalue weighted by Crippen LogP contribution is -2.49. The highest BCUT2D eigenvalue weighted by molar-refractivity contribution is 6.31. The average Bonchev–Trinajstić information content (AvgIpc) is 2.95. The summed E-state index contributed by atoms with van der Waals surface area (Å²) >= 11 is 12.0. The molecule has 2 aromatic rings. The number of halogens is 2. The fourth-order valence-corrected chi connectivity index (χ4v) is 3.04. The van der Waals surface area contributed by atoms with Gasteiger partial charge in [-0.2, -0.15) is 5.10 Å². The summed E-state index contributed by atoms with van der Waals surface area (Å²) in [4.78, 5) is 16.5. The summed E-state index contributed by atoms with van der Waals surface area (Å²) in [5, 5.41) is 5.38. The molecule has 0 atom stereocenters. The first kappa shape index (κ1) is 16.3. The molecule has 1 aliphatic rings. The Balaban J connectivity index is 1.50. The van der Waals surface area contributed by atoms with Crippen LogP contribution in [0.3, 0.4) is 0 Å². The van der Waals surface area contributed by atoms with Gasteiger partial charge in [0.15, 0.2) is 0 Å². The van der Waals surface area contributed by atoms with E-state index in [0.29, 0.717) is 5.02 Å². The number of hydrogen-bond donors (Lipinski definition) is 0. The molecule has 0 bridgehead atoms. The number of hydrogen-bond acceptors (Lipinski definition) is 3. The molecule has 122 valence electrons. The van der Waals surface area contributed by atoms with Crippen molar-refractivity contribution in [3.8, 4) is 0 Å². The number of aromatic nitrogens is 2. The first-order valence-electron chi connectivity index (χ1n) is 7.53. The highest BCUT2D eigenvalue weighted by Gasteiger charge is 2.21. The third kappa shape index (κ3) is 4.25. The van der Waals surface area contributed by atoms with Crippen LogP contribution in [0.25, 0.3) is 0 Å². The molecule has 1 aromatic heterocycles. The Kier molecular flexibility index (Phi) is 5.20. The summed E-state index contributed by atoms with van der Waals surface area (Å²) in [5.74, 6) is 0.0714. The molecule has 2 heterocycles. The van der Waals surface area contributed by atoms with Gasteiger partial charge in [0.05, 0.1) is 11.2 Å². The lowest BCUT2D eigenvalue weighted by molar-refractivity contribution is -0.133. The largest absolute Gasteiger partial charge is 0.339 e. The van der Waals surface area contributed by atoms with Crippen LogP contribution in [0.15, 0.2) is 36.7 Å². The van der Waals surface area contributed by atoms with Gasteiger partial charge in [-0.3, -0.25) is 14.4 Å². The van der Waals surface area contributed by atoms with Crippen LogP contribution in [-0.4, -0.2) is 51.7 Å². The molecule has 1 aromatic carbocycles. The second kappa shape index (κ2) is 7.34. The van der Waals surface area contributed by atoms with E-state index in [4.69, 9.17) is 23.2 Å². The molecule has 0 spiro atoms. The van der Waals surface area contributed by atoms with Crippen LogP contribution in [0, 0.1) is 0 Å². The first-order valence-corrected chi connectivity index (χ1v) is 8.29. The summed E-state index contributed by atoms with van der Waals surface area (Å²) in [7, 11) is 0. The van der Waals surface area contributed by atoms with Gasteiger partial charge in [-0.1, -0.05) is 41.4 Å². The second-order valence-corrected chi connectivity index (χ2v) is 6.45. The van der Waals surface area contributed by atoms with Gasteiger partial charge in [-0.25, -0.2) is 0 Å². The van der Waals surface area contributed by atoms with E-state index < -0.39 is 0 Å². The van der Waals surface area contributed by atoms with Crippen LogP contribution >= 0.6 is 23.2 Å². The van der Waals surface area contributed by atoms with Crippen molar-refractivity contribution < 1.29 is 4.79 Å². The van der Waals surface area contributed by atoms with Gasteiger partial charge in [0.2, 0.25) is 5.91 Å². The maximum absolute atomic E-state index is 12.3. The van der Waals surface area contributed by atoms with Crippen molar-refractivity contribution in [2.24, 2.45) is 0 Å². The SMILES string of the molecule is O=C(Cn1cc(Cl)cn1)N1CCN(Cc2ccccc2Cl)CC1. The molecule has 3 rings (SSSR count). The zero-order valence-corrected chi connectivity index (χ0v) is 14.2. The van der Waals surface area contributed by atoms with Crippen molar-refractivity contribution in [3.63, 3.8) is 0 Å². The normalized spacial score (nSPS) is 15.8. The van der Waals surface area contributed by atoms with Crippen molar-refractivity contribution in [1.82, 2.24) is 19.6 Å². The number of benzene rings is 1. The van der Waals surface area contributed by atoms with E-state index in [0.717, 1.165) is 43.3 Å². The molecule has 0 radical (unpaired) electrons. The fourth-order valence-electron chi connectivity index (χ4n) is 2.69. The van der Waals surface area contributed by atoms with E-state index in [9.17, 15) is 4.79 Å². The Labute approximate surface area is 145 Å². The quantitative estimate of drug-likeness (QED) is 0.848. The molecular weight excluding hydrogens is 335 g/mol. The third-order valence-electron chi connectivity index (χ3n) is 3.98. The number of carbonyl (C=O) groups is 1. The minimum atomic E-state index is 0.0714. The highest BCUT2D eigenvalue weighted by atomic mass is 35.5. The number of rotatable bonds is 4. The predicted octanol–water partition coefficient (Wildman–Crippen LogP) is 2.53. The second-order valence-electron chi connectivity index (χ2n) is 5.60. The van der Waals surface area contributed by atoms with Crippen LogP contribution in [0.4, 0.5) is 0 Å². The van der Waals surface area contributed by atoms with Gasteiger partial charge < -0.3 is 4.90 Å². The average molecular weight is 353 g/mol. The molecular formula is C16H18Cl2N4O. The monoisotopic (exact) mass is 352 g/mol. The van der Waals surface area contributed by atoms with Gasteiger partial charge in [0, 0.05) is 43.9 Å². The zero-order chi connectivity index (χ0) is 16.2. The summed E-state index contributed by atoms with van der Waals surface area (Å²) < 4.78 is 1.57. The van der Waals surface area contributed by atoms with Crippen molar-refractivity contribution in [2.45, 2.75) is 13.1 Å². The van der Waals surface area contributed by atoms with Crippen molar-refractivity contribution in [3.05, 3.63) is 52.3 Å². The molecule has 0 saturated carbocycles. The van der Waals surface area contributed by atoms with E-state index >= 15 is 0 Å². The Hall–Kier alpha value is -1.56. The number of amides is 1. The Morgan fingerprint density at radius 2 is 1.87 bits per heavy atom.